The Morgan fingerprint density at radius 2 is 1.94 bits per heavy atom. The Labute approximate surface area is 179 Å². The summed E-state index contributed by atoms with van der Waals surface area (Å²) in [7, 11) is 0. The van der Waals surface area contributed by atoms with Crippen LogP contribution in [0.2, 0.25) is 0 Å². The first-order valence-electron chi connectivity index (χ1n) is 10.0. The standard InChI is InChI=1S/C22H26O9/c1-6-11(2)20(27)29-19-14-9-17(25)21(5,31-13(4)23)18(26)15(14)10-28-22(19)16(24)8-7-12(3)30-22/h6,9-10,12,16,19,24H,7-8H2,1-5H3/b11-6+/t12-,16+,19+,21-,22-/m0/s1. The molecule has 1 N–H and O–H groups in total. The van der Waals surface area contributed by atoms with E-state index in [4.69, 9.17) is 18.9 Å². The van der Waals surface area contributed by atoms with E-state index in [2.05, 4.69) is 0 Å². The van der Waals surface area contributed by atoms with Crippen molar-refractivity contribution >= 4 is 23.5 Å². The first-order valence-corrected chi connectivity index (χ1v) is 10.0. The Hall–Kier alpha value is -2.78. The molecule has 31 heavy (non-hydrogen) atoms. The molecule has 168 valence electrons. The number of hydrogen-bond donors (Lipinski definition) is 1. The maximum absolute atomic E-state index is 13.1. The number of allylic oxidation sites excluding steroid dienone is 1. The zero-order valence-electron chi connectivity index (χ0n) is 18.1. The Balaban J connectivity index is 2.14. The van der Waals surface area contributed by atoms with Crippen LogP contribution in [0.15, 0.2) is 35.1 Å². The van der Waals surface area contributed by atoms with E-state index in [9.17, 15) is 24.3 Å². The second-order valence-electron chi connectivity index (χ2n) is 8.07. The molecule has 0 bridgehead atoms. The Kier molecular flexibility index (Phi) is 5.94. The lowest BCUT2D eigenvalue weighted by Gasteiger charge is -2.49. The molecule has 0 amide bonds. The van der Waals surface area contributed by atoms with Crippen molar-refractivity contribution in [2.45, 2.75) is 77.2 Å². The number of ketones is 2. The average Bonchev–Trinajstić information content (AvgIpc) is 2.70. The van der Waals surface area contributed by atoms with Crippen molar-refractivity contribution in [1.82, 2.24) is 0 Å². The highest BCUT2D eigenvalue weighted by Gasteiger charge is 2.61. The topological polar surface area (TPSA) is 125 Å². The molecule has 1 fully saturated rings. The minimum atomic E-state index is -2.07. The van der Waals surface area contributed by atoms with E-state index >= 15 is 0 Å². The lowest BCUT2D eigenvalue weighted by Crippen LogP contribution is -2.64. The van der Waals surface area contributed by atoms with Crippen LogP contribution in [0.3, 0.4) is 0 Å². The minimum Gasteiger partial charge on any atom is -0.462 e. The summed E-state index contributed by atoms with van der Waals surface area (Å²) < 4.78 is 22.3. The monoisotopic (exact) mass is 434 g/mol. The molecule has 1 aliphatic carbocycles. The molecule has 0 aromatic rings. The number of fused-ring (bicyclic) bond motifs is 1. The molecule has 3 aliphatic rings. The fourth-order valence-electron chi connectivity index (χ4n) is 3.86. The van der Waals surface area contributed by atoms with Gasteiger partial charge in [-0.05, 0) is 46.6 Å². The van der Waals surface area contributed by atoms with Crippen LogP contribution in [0.1, 0.15) is 47.5 Å². The van der Waals surface area contributed by atoms with Gasteiger partial charge in [0.15, 0.2) is 6.10 Å². The van der Waals surface area contributed by atoms with Crippen LogP contribution in [0.4, 0.5) is 0 Å². The van der Waals surface area contributed by atoms with Crippen molar-refractivity contribution in [1.29, 1.82) is 0 Å². The van der Waals surface area contributed by atoms with Crippen molar-refractivity contribution in [3.63, 3.8) is 0 Å². The molecule has 2 heterocycles. The number of rotatable bonds is 3. The predicted molar refractivity (Wildman–Crippen MR) is 105 cm³/mol. The van der Waals surface area contributed by atoms with Gasteiger partial charge in [-0.2, -0.15) is 0 Å². The third-order valence-electron chi connectivity index (χ3n) is 5.78. The van der Waals surface area contributed by atoms with E-state index in [0.29, 0.717) is 12.8 Å². The van der Waals surface area contributed by atoms with Crippen LogP contribution < -0.4 is 0 Å². The largest absolute Gasteiger partial charge is 0.462 e. The quantitative estimate of drug-likeness (QED) is 0.399. The van der Waals surface area contributed by atoms with Crippen LogP contribution >= 0.6 is 0 Å². The van der Waals surface area contributed by atoms with Gasteiger partial charge < -0.3 is 24.1 Å². The highest BCUT2D eigenvalue weighted by atomic mass is 16.7. The Morgan fingerprint density at radius 3 is 2.55 bits per heavy atom. The number of ether oxygens (including phenoxy) is 4. The van der Waals surface area contributed by atoms with Crippen LogP contribution in [0, 0.1) is 0 Å². The zero-order chi connectivity index (χ0) is 23.1. The lowest BCUT2D eigenvalue weighted by molar-refractivity contribution is -0.332. The number of aliphatic hydroxyl groups excluding tert-OH is 1. The maximum atomic E-state index is 13.1. The summed E-state index contributed by atoms with van der Waals surface area (Å²) in [6, 6.07) is 0. The third kappa shape index (κ3) is 3.72. The fraction of sp³-hybridized carbons (Fsp3) is 0.545. The lowest BCUT2D eigenvalue weighted by atomic mass is 9.75. The van der Waals surface area contributed by atoms with Crippen LogP contribution in [0.5, 0.6) is 0 Å². The van der Waals surface area contributed by atoms with Crippen molar-refractivity contribution in [2.24, 2.45) is 0 Å². The number of hydrogen-bond acceptors (Lipinski definition) is 9. The van der Waals surface area contributed by atoms with Gasteiger partial charge in [-0.25, -0.2) is 4.79 Å². The summed E-state index contributed by atoms with van der Waals surface area (Å²) in [4.78, 5) is 50.1. The van der Waals surface area contributed by atoms with E-state index in [0.717, 1.165) is 19.3 Å². The van der Waals surface area contributed by atoms with Gasteiger partial charge in [0.25, 0.3) is 5.79 Å². The normalized spacial score (nSPS) is 35.5. The van der Waals surface area contributed by atoms with Crippen LogP contribution in [-0.4, -0.2) is 58.3 Å². The van der Waals surface area contributed by atoms with Gasteiger partial charge in [0.05, 0.1) is 17.9 Å². The van der Waals surface area contributed by atoms with E-state index in [1.165, 1.54) is 6.92 Å². The molecule has 5 atom stereocenters. The van der Waals surface area contributed by atoms with E-state index in [1.54, 1.807) is 26.8 Å². The van der Waals surface area contributed by atoms with E-state index in [-0.39, 0.29) is 22.8 Å². The van der Waals surface area contributed by atoms with Gasteiger partial charge in [0.1, 0.15) is 6.10 Å². The number of esters is 2. The van der Waals surface area contributed by atoms with Gasteiger partial charge in [-0.1, -0.05) is 6.08 Å². The van der Waals surface area contributed by atoms with E-state index < -0.39 is 47.1 Å². The molecule has 1 spiro atoms. The van der Waals surface area contributed by atoms with Gasteiger partial charge in [0, 0.05) is 18.1 Å². The molecule has 2 aliphatic heterocycles. The van der Waals surface area contributed by atoms with Gasteiger partial charge in [0.2, 0.25) is 17.2 Å². The SMILES string of the molecule is C/C=C(\C)C(=O)O[C@@H]1C2=CC(=O)[C@](C)(OC(C)=O)C(=O)C2=CO[C@@]12O[C@@H](C)CC[C@H]2O. The molecular formula is C22H26O9. The van der Waals surface area contributed by atoms with Gasteiger partial charge >= 0.3 is 11.9 Å². The average molecular weight is 434 g/mol. The summed E-state index contributed by atoms with van der Waals surface area (Å²) in [5, 5.41) is 10.8. The number of carbonyl (C=O) groups is 4. The molecule has 0 unspecified atom stereocenters. The third-order valence-corrected chi connectivity index (χ3v) is 5.78. The highest BCUT2D eigenvalue weighted by molar-refractivity contribution is 6.26. The molecule has 1 saturated heterocycles. The Bertz CT molecular complexity index is 927. The zero-order valence-corrected chi connectivity index (χ0v) is 18.1. The second-order valence-corrected chi connectivity index (χ2v) is 8.07. The number of carbonyl (C=O) groups excluding carboxylic acids is 4. The van der Waals surface area contributed by atoms with E-state index in [1.807, 2.05) is 0 Å². The number of Topliss-reactive ketones (excluding diaryl/α,β-unsaturated/α-hetero) is 1. The molecule has 9 heteroatoms. The molecule has 0 saturated carbocycles. The van der Waals surface area contributed by atoms with Gasteiger partial charge in [-0.3, -0.25) is 14.4 Å². The summed E-state index contributed by atoms with van der Waals surface area (Å²) in [5.74, 6) is -4.96. The van der Waals surface area contributed by atoms with Crippen LogP contribution in [0.25, 0.3) is 0 Å². The first kappa shape index (κ1) is 22.9. The fourth-order valence-corrected chi connectivity index (χ4v) is 3.86. The number of aliphatic hydroxyl groups is 1. The van der Waals surface area contributed by atoms with Crippen LogP contribution in [-0.2, 0) is 38.1 Å². The maximum Gasteiger partial charge on any atom is 0.334 e. The molecule has 0 radical (unpaired) electrons. The molecule has 0 aromatic carbocycles. The van der Waals surface area contributed by atoms with Crippen molar-refractivity contribution < 1.29 is 43.2 Å². The summed E-state index contributed by atoms with van der Waals surface area (Å²) >= 11 is 0. The second kappa shape index (κ2) is 8.05. The summed E-state index contributed by atoms with van der Waals surface area (Å²) in [5.41, 5.74) is -1.86. The van der Waals surface area contributed by atoms with Crippen molar-refractivity contribution in [3.8, 4) is 0 Å². The van der Waals surface area contributed by atoms with Crippen molar-refractivity contribution in [3.05, 3.63) is 35.1 Å². The molecule has 3 rings (SSSR count). The van der Waals surface area contributed by atoms with Crippen molar-refractivity contribution in [2.75, 3.05) is 0 Å². The summed E-state index contributed by atoms with van der Waals surface area (Å²) in [6.07, 6.45) is 1.58. The summed E-state index contributed by atoms with van der Waals surface area (Å²) in [6.45, 7) is 7.25. The minimum absolute atomic E-state index is 0.0243. The first-order chi connectivity index (χ1) is 14.5. The smallest absolute Gasteiger partial charge is 0.334 e. The molecular weight excluding hydrogens is 408 g/mol. The molecule has 0 aromatic heterocycles. The Morgan fingerprint density at radius 1 is 1.26 bits per heavy atom. The highest BCUT2D eigenvalue weighted by Crippen LogP contribution is 2.45. The predicted octanol–water partition coefficient (Wildman–Crippen LogP) is 1.43. The van der Waals surface area contributed by atoms with Gasteiger partial charge in [-0.15, -0.1) is 0 Å². The molecule has 9 nitrogen and oxygen atoms in total.